The maximum atomic E-state index is 12.9. The lowest BCUT2D eigenvalue weighted by Crippen LogP contribution is -2.40. The van der Waals surface area contributed by atoms with E-state index in [1.807, 2.05) is 42.5 Å². The van der Waals surface area contributed by atoms with Gasteiger partial charge in [-0.15, -0.1) is 0 Å². The predicted octanol–water partition coefficient (Wildman–Crippen LogP) is 4.71. The highest BCUT2D eigenvalue weighted by atomic mass is 79.9. The normalized spacial score (nSPS) is 14.4. The molecule has 10 heteroatoms. The molecule has 194 valence electrons. The zero-order valence-corrected chi connectivity index (χ0v) is 22.6. The van der Waals surface area contributed by atoms with Crippen molar-refractivity contribution in [3.63, 3.8) is 0 Å². The summed E-state index contributed by atoms with van der Waals surface area (Å²) in [5, 5.41) is 2.73. The molecule has 0 saturated carbocycles. The van der Waals surface area contributed by atoms with E-state index in [4.69, 9.17) is 14.2 Å². The van der Waals surface area contributed by atoms with Crippen LogP contribution in [-0.2, 0) is 26.2 Å². The van der Waals surface area contributed by atoms with Gasteiger partial charge in [0.25, 0.3) is 0 Å². The maximum Gasteiger partial charge on any atom is 0.248 e. The van der Waals surface area contributed by atoms with E-state index in [0.29, 0.717) is 44.3 Å². The molecule has 4 rings (SSSR count). The van der Waals surface area contributed by atoms with Crippen LogP contribution in [0.3, 0.4) is 0 Å². The van der Waals surface area contributed by atoms with E-state index in [2.05, 4.69) is 21.2 Å². The molecular weight excluding hydrogens is 560 g/mol. The Bertz CT molecular complexity index is 1370. The molecule has 0 radical (unpaired) electrons. The molecule has 0 bridgehead atoms. The van der Waals surface area contributed by atoms with Gasteiger partial charge >= 0.3 is 0 Å². The topological polar surface area (TPSA) is 94.2 Å². The van der Waals surface area contributed by atoms with Crippen molar-refractivity contribution in [1.29, 1.82) is 0 Å². The van der Waals surface area contributed by atoms with Crippen LogP contribution in [0.4, 0.5) is 5.69 Å². The van der Waals surface area contributed by atoms with E-state index in [1.54, 1.807) is 25.3 Å². The number of halogens is 1. The second kappa shape index (κ2) is 12.4. The minimum atomic E-state index is -3.66. The zero-order valence-electron chi connectivity index (χ0n) is 20.2. The van der Waals surface area contributed by atoms with Crippen molar-refractivity contribution in [3.05, 3.63) is 88.4 Å². The molecule has 37 heavy (non-hydrogen) atoms. The van der Waals surface area contributed by atoms with Gasteiger partial charge in [-0.05, 0) is 66.2 Å². The Balaban J connectivity index is 1.41. The van der Waals surface area contributed by atoms with Crippen LogP contribution in [0.5, 0.6) is 11.5 Å². The van der Waals surface area contributed by atoms with Gasteiger partial charge in [-0.25, -0.2) is 8.42 Å². The molecule has 1 amide bonds. The molecule has 1 aliphatic heterocycles. The number of nitrogens with one attached hydrogen (secondary N) is 1. The molecule has 3 aromatic rings. The van der Waals surface area contributed by atoms with Gasteiger partial charge in [0.1, 0.15) is 18.1 Å². The van der Waals surface area contributed by atoms with Gasteiger partial charge in [0.05, 0.1) is 25.2 Å². The number of hydrogen-bond donors (Lipinski definition) is 1. The molecule has 0 aromatic heterocycles. The van der Waals surface area contributed by atoms with E-state index in [-0.39, 0.29) is 10.8 Å². The number of hydrogen-bond acceptors (Lipinski definition) is 6. The van der Waals surface area contributed by atoms with Gasteiger partial charge in [0.15, 0.2) is 0 Å². The first-order chi connectivity index (χ1) is 17.8. The van der Waals surface area contributed by atoms with Gasteiger partial charge in [0, 0.05) is 34.9 Å². The number of ether oxygens (including phenoxy) is 3. The molecule has 0 aliphatic carbocycles. The van der Waals surface area contributed by atoms with E-state index in [1.165, 1.54) is 22.5 Å². The Kier molecular flexibility index (Phi) is 8.99. The lowest BCUT2D eigenvalue weighted by molar-refractivity contribution is -0.111. The van der Waals surface area contributed by atoms with Gasteiger partial charge < -0.3 is 19.5 Å². The molecule has 3 aromatic carbocycles. The highest BCUT2D eigenvalue weighted by Crippen LogP contribution is 2.24. The second-order valence-electron chi connectivity index (χ2n) is 8.18. The van der Waals surface area contributed by atoms with E-state index >= 15 is 0 Å². The fraction of sp³-hybridized carbons (Fsp3) is 0.222. The average Bonchev–Trinajstić information content (AvgIpc) is 2.92. The molecule has 0 atom stereocenters. The number of carbonyl (C=O) groups is 1. The van der Waals surface area contributed by atoms with Crippen molar-refractivity contribution in [1.82, 2.24) is 4.31 Å². The lowest BCUT2D eigenvalue weighted by Gasteiger charge is -2.26. The second-order valence-corrected chi connectivity index (χ2v) is 11.0. The molecule has 1 N–H and O–H groups in total. The van der Waals surface area contributed by atoms with Crippen molar-refractivity contribution < 1.29 is 27.4 Å². The predicted molar refractivity (Wildman–Crippen MR) is 145 cm³/mol. The fourth-order valence-corrected chi connectivity index (χ4v) is 5.45. The average molecular weight is 587 g/mol. The number of morpholine rings is 1. The van der Waals surface area contributed by atoms with Crippen molar-refractivity contribution in [2.45, 2.75) is 11.5 Å². The minimum Gasteiger partial charge on any atom is -0.496 e. The number of rotatable bonds is 9. The van der Waals surface area contributed by atoms with Gasteiger partial charge in [-0.2, -0.15) is 4.31 Å². The van der Waals surface area contributed by atoms with Crippen molar-refractivity contribution in [2.75, 3.05) is 38.7 Å². The highest BCUT2D eigenvalue weighted by molar-refractivity contribution is 9.10. The van der Waals surface area contributed by atoms with Gasteiger partial charge in [0.2, 0.25) is 15.9 Å². The van der Waals surface area contributed by atoms with Crippen LogP contribution < -0.4 is 14.8 Å². The van der Waals surface area contributed by atoms with E-state index in [0.717, 1.165) is 21.3 Å². The largest absolute Gasteiger partial charge is 0.496 e. The Morgan fingerprint density at radius 3 is 2.57 bits per heavy atom. The Labute approximate surface area is 225 Å². The molecular formula is C27H27BrN2O6S. The fourth-order valence-electron chi connectivity index (χ4n) is 3.73. The first kappa shape index (κ1) is 26.9. The van der Waals surface area contributed by atoms with Crippen LogP contribution in [0.25, 0.3) is 6.08 Å². The van der Waals surface area contributed by atoms with Crippen LogP contribution in [0.15, 0.2) is 82.2 Å². The third-order valence-electron chi connectivity index (χ3n) is 5.65. The number of methoxy groups -OCH3 is 1. The van der Waals surface area contributed by atoms with E-state index < -0.39 is 10.0 Å². The first-order valence-corrected chi connectivity index (χ1v) is 13.8. The smallest absolute Gasteiger partial charge is 0.248 e. The third-order valence-corrected chi connectivity index (χ3v) is 8.07. The van der Waals surface area contributed by atoms with Crippen LogP contribution in [0.2, 0.25) is 0 Å². The first-order valence-electron chi connectivity index (χ1n) is 11.6. The summed E-state index contributed by atoms with van der Waals surface area (Å²) in [5.74, 6) is 1.02. The Morgan fingerprint density at radius 2 is 1.84 bits per heavy atom. The summed E-state index contributed by atoms with van der Waals surface area (Å²) in [7, 11) is -2.06. The molecule has 1 heterocycles. The van der Waals surface area contributed by atoms with Crippen LogP contribution in [-0.4, -0.2) is 52.0 Å². The molecule has 0 unspecified atom stereocenters. The monoisotopic (exact) mass is 586 g/mol. The number of nitrogens with zero attached hydrogens (tertiary/aromatic N) is 1. The summed E-state index contributed by atoms with van der Waals surface area (Å²) in [4.78, 5) is 12.7. The minimum absolute atomic E-state index is 0.127. The Hall–Kier alpha value is -3.18. The van der Waals surface area contributed by atoms with Crippen molar-refractivity contribution >= 4 is 43.6 Å². The van der Waals surface area contributed by atoms with Crippen molar-refractivity contribution in [3.8, 4) is 11.5 Å². The summed E-state index contributed by atoms with van der Waals surface area (Å²) < 4.78 is 44.7. The SMILES string of the molecule is COc1ccc(/C=C/C(=O)Nc2cccc(S(=O)(=O)N3CCOCC3)c2)cc1COc1ccc(Br)cc1. The molecule has 8 nitrogen and oxygen atoms in total. The van der Waals surface area contributed by atoms with Gasteiger partial charge in [-0.1, -0.05) is 28.1 Å². The molecule has 1 aliphatic rings. The van der Waals surface area contributed by atoms with Crippen LogP contribution in [0, 0.1) is 0 Å². The molecule has 0 spiro atoms. The third kappa shape index (κ3) is 7.20. The molecule has 1 saturated heterocycles. The summed E-state index contributed by atoms with van der Waals surface area (Å²) >= 11 is 3.40. The quantitative estimate of drug-likeness (QED) is 0.365. The Morgan fingerprint density at radius 1 is 1.08 bits per heavy atom. The number of amides is 1. The van der Waals surface area contributed by atoms with E-state index in [9.17, 15) is 13.2 Å². The van der Waals surface area contributed by atoms with Crippen LogP contribution >= 0.6 is 15.9 Å². The van der Waals surface area contributed by atoms with Crippen LogP contribution in [0.1, 0.15) is 11.1 Å². The zero-order chi connectivity index (χ0) is 26.3. The maximum absolute atomic E-state index is 12.9. The summed E-state index contributed by atoms with van der Waals surface area (Å²) in [6.07, 6.45) is 3.07. The highest BCUT2D eigenvalue weighted by Gasteiger charge is 2.26. The lowest BCUT2D eigenvalue weighted by atomic mass is 10.1. The number of benzene rings is 3. The van der Waals surface area contributed by atoms with Gasteiger partial charge in [-0.3, -0.25) is 4.79 Å². The number of anilines is 1. The number of sulfonamides is 1. The summed E-state index contributed by atoms with van der Waals surface area (Å²) in [6.45, 7) is 1.64. The summed E-state index contributed by atoms with van der Waals surface area (Å²) in [6, 6.07) is 19.3. The number of carbonyl (C=O) groups excluding carboxylic acids is 1. The van der Waals surface area contributed by atoms with Crippen molar-refractivity contribution in [2.24, 2.45) is 0 Å². The summed E-state index contributed by atoms with van der Waals surface area (Å²) in [5.41, 5.74) is 2.00. The standard InChI is InChI=1S/C27H27BrN2O6S/c1-34-26-11-5-20(17-21(26)19-36-24-9-7-22(28)8-10-24)6-12-27(31)29-23-3-2-4-25(18-23)37(32,33)30-13-15-35-16-14-30/h2-12,17-18H,13-16,19H2,1H3,(H,29,31)/b12-6+. The molecule has 1 fully saturated rings.